The third-order valence-electron chi connectivity index (χ3n) is 6.83. The molecule has 0 aromatic heterocycles. The second-order valence-corrected chi connectivity index (χ2v) is 11.5. The molecule has 35 heavy (non-hydrogen) atoms. The van der Waals surface area contributed by atoms with Crippen LogP contribution < -0.4 is 9.47 Å². The fraction of sp³-hybridized carbons (Fsp3) is 0.500. The summed E-state index contributed by atoms with van der Waals surface area (Å²) in [5.74, 6) is 0.895. The first kappa shape index (κ1) is 25.5. The monoisotopic (exact) mass is 502 g/mol. The molecule has 9 heteroatoms. The van der Waals surface area contributed by atoms with E-state index in [4.69, 9.17) is 9.47 Å². The van der Waals surface area contributed by atoms with Gasteiger partial charge in [0.2, 0.25) is 15.9 Å². The minimum absolute atomic E-state index is 0.0533. The topological polar surface area (TPSA) is 96.4 Å². The number of ether oxygens (including phenoxy) is 2. The van der Waals surface area contributed by atoms with E-state index in [1.165, 1.54) is 4.31 Å². The highest BCUT2D eigenvalue weighted by atomic mass is 32.2. The quantitative estimate of drug-likeness (QED) is 0.625. The van der Waals surface area contributed by atoms with E-state index in [2.05, 4.69) is 0 Å². The summed E-state index contributed by atoms with van der Waals surface area (Å²) in [7, 11) is -0.561. The van der Waals surface area contributed by atoms with Gasteiger partial charge in [-0.2, -0.15) is 4.31 Å². The Labute approximate surface area is 207 Å². The van der Waals surface area contributed by atoms with Crippen molar-refractivity contribution < 1.29 is 27.8 Å². The molecule has 0 spiro atoms. The zero-order valence-corrected chi connectivity index (χ0v) is 21.5. The van der Waals surface area contributed by atoms with Gasteiger partial charge in [0.15, 0.2) is 0 Å². The normalized spacial score (nSPS) is 22.8. The van der Waals surface area contributed by atoms with E-state index in [1.807, 2.05) is 31.2 Å². The molecule has 0 unspecified atom stereocenters. The van der Waals surface area contributed by atoms with E-state index in [1.54, 1.807) is 44.2 Å². The second kappa shape index (κ2) is 10.2. The molecule has 2 aliphatic rings. The van der Waals surface area contributed by atoms with Gasteiger partial charge in [0, 0.05) is 31.5 Å². The number of aliphatic hydroxyl groups is 1. The first-order chi connectivity index (χ1) is 16.6. The van der Waals surface area contributed by atoms with E-state index in [9.17, 15) is 18.3 Å². The van der Waals surface area contributed by atoms with Crippen molar-refractivity contribution in [2.75, 3.05) is 33.9 Å². The van der Waals surface area contributed by atoms with Crippen LogP contribution in [0.5, 0.6) is 11.5 Å². The van der Waals surface area contributed by atoms with Gasteiger partial charge in [-0.25, -0.2) is 8.42 Å². The highest BCUT2D eigenvalue weighted by molar-refractivity contribution is 7.89. The van der Waals surface area contributed by atoms with Crippen LogP contribution in [0.25, 0.3) is 11.1 Å². The van der Waals surface area contributed by atoms with Gasteiger partial charge in [-0.15, -0.1) is 0 Å². The Kier molecular flexibility index (Phi) is 7.40. The zero-order valence-electron chi connectivity index (χ0n) is 20.7. The molecule has 1 N–H and O–H groups in total. The van der Waals surface area contributed by atoms with Crippen LogP contribution in [0.4, 0.5) is 0 Å². The number of methoxy groups -OCH3 is 1. The number of benzene rings is 2. The highest BCUT2D eigenvalue weighted by Crippen LogP contribution is 2.37. The molecule has 0 radical (unpaired) electrons. The summed E-state index contributed by atoms with van der Waals surface area (Å²) in [4.78, 5) is 14.4. The summed E-state index contributed by atoms with van der Waals surface area (Å²) in [6.07, 6.45) is 1.40. The molecule has 4 rings (SSSR count). The third-order valence-corrected chi connectivity index (χ3v) is 8.85. The minimum Gasteiger partial charge on any atom is -0.497 e. The van der Waals surface area contributed by atoms with Crippen molar-refractivity contribution in [1.82, 2.24) is 9.21 Å². The highest BCUT2D eigenvalue weighted by Gasteiger charge is 2.39. The molecular weight excluding hydrogens is 468 g/mol. The van der Waals surface area contributed by atoms with Crippen molar-refractivity contribution in [1.29, 1.82) is 0 Å². The van der Waals surface area contributed by atoms with Crippen molar-refractivity contribution in [3.05, 3.63) is 42.5 Å². The van der Waals surface area contributed by atoms with Gasteiger partial charge in [-0.1, -0.05) is 25.1 Å². The Hall–Kier alpha value is -2.62. The largest absolute Gasteiger partial charge is 0.497 e. The second-order valence-electron chi connectivity index (χ2n) is 9.63. The number of rotatable bonds is 7. The maximum atomic E-state index is 13.7. The Balaban J connectivity index is 1.77. The SMILES string of the molecule is COc1cccc(-c2ccc3c(c2)O[C@@H](CN(C)C(=O)C2CC2)[C@H](C)CN([C@@H](C)CO)S3(=O)=O)c1. The van der Waals surface area contributed by atoms with Crippen LogP contribution in [-0.4, -0.2) is 74.6 Å². The number of nitrogens with zero attached hydrogens (tertiary/aromatic N) is 2. The lowest BCUT2D eigenvalue weighted by atomic mass is 10.0. The maximum absolute atomic E-state index is 13.7. The number of carbonyl (C=O) groups excluding carboxylic acids is 1. The Bertz CT molecular complexity index is 1180. The summed E-state index contributed by atoms with van der Waals surface area (Å²) >= 11 is 0. The van der Waals surface area contributed by atoms with Crippen LogP contribution in [0.2, 0.25) is 0 Å². The average Bonchev–Trinajstić information content (AvgIpc) is 3.70. The van der Waals surface area contributed by atoms with Crippen molar-refractivity contribution in [2.24, 2.45) is 11.8 Å². The van der Waals surface area contributed by atoms with Crippen molar-refractivity contribution in [2.45, 2.75) is 43.7 Å². The summed E-state index contributed by atoms with van der Waals surface area (Å²) in [5, 5.41) is 9.81. The molecular formula is C26H34N2O6S. The number of sulfonamides is 1. The van der Waals surface area contributed by atoms with Gasteiger partial charge in [-0.3, -0.25) is 4.79 Å². The van der Waals surface area contributed by atoms with Gasteiger partial charge >= 0.3 is 0 Å². The number of amides is 1. The van der Waals surface area contributed by atoms with Crippen LogP contribution in [0.3, 0.4) is 0 Å². The van der Waals surface area contributed by atoms with Crippen LogP contribution in [0.1, 0.15) is 26.7 Å². The standard InChI is InChI=1S/C26H34N2O6S/c1-17-14-28(18(2)16-29)35(31,32)25-11-10-21(20-6-5-7-22(12-20)33-4)13-23(25)34-24(17)15-27(3)26(30)19-8-9-19/h5-7,10-13,17-19,24,29H,8-9,14-16H2,1-4H3/t17-,18+,24+/m1/s1. The van der Waals surface area contributed by atoms with Crippen molar-refractivity contribution in [3.63, 3.8) is 0 Å². The van der Waals surface area contributed by atoms with E-state index in [-0.39, 0.29) is 41.5 Å². The summed E-state index contributed by atoms with van der Waals surface area (Å²) in [6.45, 7) is 3.84. The van der Waals surface area contributed by atoms with Crippen LogP contribution in [0.15, 0.2) is 47.4 Å². The number of aliphatic hydroxyl groups excluding tert-OH is 1. The van der Waals surface area contributed by atoms with Gasteiger partial charge in [0.25, 0.3) is 0 Å². The molecule has 3 atom stereocenters. The summed E-state index contributed by atoms with van der Waals surface area (Å²) in [5.41, 5.74) is 1.65. The molecule has 1 saturated carbocycles. The van der Waals surface area contributed by atoms with E-state index >= 15 is 0 Å². The number of hydrogen-bond donors (Lipinski definition) is 1. The molecule has 2 aromatic carbocycles. The number of fused-ring (bicyclic) bond motifs is 1. The predicted molar refractivity (Wildman–Crippen MR) is 133 cm³/mol. The molecule has 2 aromatic rings. The van der Waals surface area contributed by atoms with Crippen LogP contribution in [-0.2, 0) is 14.8 Å². The average molecular weight is 503 g/mol. The number of hydrogen-bond acceptors (Lipinski definition) is 6. The van der Waals surface area contributed by atoms with Crippen LogP contribution in [0, 0.1) is 11.8 Å². The smallest absolute Gasteiger partial charge is 0.247 e. The molecule has 1 amide bonds. The Morgan fingerprint density at radius 1 is 1.23 bits per heavy atom. The molecule has 1 heterocycles. The summed E-state index contributed by atoms with van der Waals surface area (Å²) < 4.78 is 40.4. The molecule has 0 saturated heterocycles. The van der Waals surface area contributed by atoms with Crippen molar-refractivity contribution in [3.8, 4) is 22.6 Å². The molecule has 190 valence electrons. The first-order valence-electron chi connectivity index (χ1n) is 12.0. The minimum atomic E-state index is -3.93. The lowest BCUT2D eigenvalue weighted by Crippen LogP contribution is -2.50. The Morgan fingerprint density at radius 2 is 1.94 bits per heavy atom. The molecule has 0 bridgehead atoms. The van der Waals surface area contributed by atoms with Gasteiger partial charge in [-0.05, 0) is 55.2 Å². The third kappa shape index (κ3) is 5.32. The molecule has 1 aliphatic carbocycles. The number of likely N-dealkylation sites (N-methyl/N-ethyl adjacent to an activating group) is 1. The van der Waals surface area contributed by atoms with E-state index < -0.39 is 22.2 Å². The summed E-state index contributed by atoms with van der Waals surface area (Å²) in [6, 6.07) is 12.0. The maximum Gasteiger partial charge on any atom is 0.247 e. The van der Waals surface area contributed by atoms with Gasteiger partial charge in [0.1, 0.15) is 22.5 Å². The molecule has 1 fully saturated rings. The molecule has 1 aliphatic heterocycles. The molecule has 8 nitrogen and oxygen atoms in total. The fourth-order valence-electron chi connectivity index (χ4n) is 4.43. The van der Waals surface area contributed by atoms with E-state index in [0.29, 0.717) is 12.3 Å². The van der Waals surface area contributed by atoms with Gasteiger partial charge < -0.3 is 19.5 Å². The zero-order chi connectivity index (χ0) is 25.3. The van der Waals surface area contributed by atoms with Crippen molar-refractivity contribution >= 4 is 15.9 Å². The number of carbonyl (C=O) groups is 1. The van der Waals surface area contributed by atoms with Gasteiger partial charge in [0.05, 0.1) is 20.3 Å². The van der Waals surface area contributed by atoms with Crippen LogP contribution >= 0.6 is 0 Å². The lowest BCUT2D eigenvalue weighted by Gasteiger charge is -2.37. The Morgan fingerprint density at radius 3 is 2.60 bits per heavy atom. The lowest BCUT2D eigenvalue weighted by molar-refractivity contribution is -0.132. The fourth-order valence-corrected chi connectivity index (χ4v) is 6.25. The van der Waals surface area contributed by atoms with E-state index in [0.717, 1.165) is 24.0 Å². The first-order valence-corrected chi connectivity index (χ1v) is 13.4. The predicted octanol–water partition coefficient (Wildman–Crippen LogP) is 3.00.